The van der Waals surface area contributed by atoms with Crippen LogP contribution in [0.2, 0.25) is 0 Å². The number of sulfone groups is 1. The van der Waals surface area contributed by atoms with E-state index in [-0.39, 0.29) is 11.5 Å². The minimum absolute atomic E-state index is 0.286. The van der Waals surface area contributed by atoms with Crippen molar-refractivity contribution in [3.63, 3.8) is 0 Å². The van der Waals surface area contributed by atoms with Gasteiger partial charge in [0.2, 0.25) is 0 Å². The Bertz CT molecular complexity index is 435. The van der Waals surface area contributed by atoms with Gasteiger partial charge in [-0.25, -0.2) is 8.42 Å². The predicted octanol–water partition coefficient (Wildman–Crippen LogP) is -0.320. The molecular weight excluding hydrogens is 276 g/mol. The van der Waals surface area contributed by atoms with Gasteiger partial charge in [0.15, 0.2) is 15.8 Å². The third-order valence-corrected chi connectivity index (χ3v) is 5.51. The van der Waals surface area contributed by atoms with Gasteiger partial charge in [-0.3, -0.25) is 9.89 Å². The second kappa shape index (κ2) is 6.76. The Kier molecular flexibility index (Phi) is 5.26. The van der Waals surface area contributed by atoms with E-state index in [0.29, 0.717) is 25.7 Å². The number of hydrogen-bond acceptors (Lipinski definition) is 4. The van der Waals surface area contributed by atoms with Gasteiger partial charge < -0.3 is 10.6 Å². The minimum Gasteiger partial charge on any atom is -0.357 e. The molecule has 116 valence electrons. The van der Waals surface area contributed by atoms with E-state index in [2.05, 4.69) is 34.4 Å². The van der Waals surface area contributed by atoms with Crippen molar-refractivity contribution in [1.82, 2.24) is 15.5 Å². The molecule has 2 rings (SSSR count). The first-order chi connectivity index (χ1) is 9.50. The number of nitrogens with zero attached hydrogens (tertiary/aromatic N) is 2. The maximum absolute atomic E-state index is 11.3. The highest BCUT2D eigenvalue weighted by Gasteiger charge is 2.33. The van der Waals surface area contributed by atoms with Crippen molar-refractivity contribution >= 4 is 15.8 Å². The fourth-order valence-corrected chi connectivity index (χ4v) is 3.57. The molecule has 1 heterocycles. The molecule has 0 bridgehead atoms. The SMILES string of the molecule is CCNC(=NCCN1CCS(=O)(=O)CC1)NC1CC1C. The van der Waals surface area contributed by atoms with Crippen molar-refractivity contribution in [3.05, 3.63) is 0 Å². The normalized spacial score (nSPS) is 30.0. The summed E-state index contributed by atoms with van der Waals surface area (Å²) >= 11 is 0. The molecule has 2 aliphatic rings. The highest BCUT2D eigenvalue weighted by Crippen LogP contribution is 2.28. The summed E-state index contributed by atoms with van der Waals surface area (Å²) in [6.45, 7) is 7.96. The Hall–Kier alpha value is -0.820. The summed E-state index contributed by atoms with van der Waals surface area (Å²) in [6.07, 6.45) is 1.22. The van der Waals surface area contributed by atoms with Crippen LogP contribution in [0.5, 0.6) is 0 Å². The Morgan fingerprint density at radius 2 is 2.00 bits per heavy atom. The first kappa shape index (κ1) is 15.6. The number of nitrogens with one attached hydrogen (secondary N) is 2. The average molecular weight is 302 g/mol. The summed E-state index contributed by atoms with van der Waals surface area (Å²) in [7, 11) is -2.78. The monoisotopic (exact) mass is 302 g/mol. The molecule has 2 unspecified atom stereocenters. The molecule has 0 spiro atoms. The van der Waals surface area contributed by atoms with E-state index in [0.717, 1.165) is 25.0 Å². The van der Waals surface area contributed by atoms with E-state index in [4.69, 9.17) is 0 Å². The summed E-state index contributed by atoms with van der Waals surface area (Å²) in [5.74, 6) is 2.20. The first-order valence-corrected chi connectivity index (χ1v) is 9.30. The molecule has 2 atom stereocenters. The van der Waals surface area contributed by atoms with Crippen LogP contribution >= 0.6 is 0 Å². The molecule has 2 fully saturated rings. The molecule has 7 heteroatoms. The van der Waals surface area contributed by atoms with Crippen molar-refractivity contribution in [2.75, 3.05) is 44.2 Å². The van der Waals surface area contributed by atoms with Crippen LogP contribution in [0.4, 0.5) is 0 Å². The molecule has 0 aromatic rings. The lowest BCUT2D eigenvalue weighted by Gasteiger charge is -2.25. The zero-order valence-corrected chi connectivity index (χ0v) is 13.2. The molecule has 1 saturated heterocycles. The molecule has 0 aromatic heterocycles. The van der Waals surface area contributed by atoms with Gasteiger partial charge >= 0.3 is 0 Å². The van der Waals surface area contributed by atoms with Gasteiger partial charge in [0.25, 0.3) is 0 Å². The highest BCUT2D eigenvalue weighted by atomic mass is 32.2. The molecule has 1 aliphatic heterocycles. The second-order valence-electron chi connectivity index (χ2n) is 5.72. The number of guanidine groups is 1. The zero-order chi connectivity index (χ0) is 14.6. The third-order valence-electron chi connectivity index (χ3n) is 3.90. The van der Waals surface area contributed by atoms with E-state index < -0.39 is 9.84 Å². The van der Waals surface area contributed by atoms with E-state index in [1.807, 2.05) is 0 Å². The Morgan fingerprint density at radius 3 is 2.55 bits per heavy atom. The van der Waals surface area contributed by atoms with Crippen LogP contribution in [0.25, 0.3) is 0 Å². The summed E-state index contributed by atoms with van der Waals surface area (Å²) in [4.78, 5) is 6.74. The van der Waals surface area contributed by atoms with E-state index in [1.165, 1.54) is 6.42 Å². The van der Waals surface area contributed by atoms with E-state index >= 15 is 0 Å². The number of rotatable bonds is 5. The molecule has 2 N–H and O–H groups in total. The summed E-state index contributed by atoms with van der Waals surface area (Å²) in [5, 5.41) is 6.67. The summed E-state index contributed by atoms with van der Waals surface area (Å²) in [5.41, 5.74) is 0. The van der Waals surface area contributed by atoms with Gasteiger partial charge in [0.1, 0.15) is 0 Å². The van der Waals surface area contributed by atoms with Gasteiger partial charge in [-0.2, -0.15) is 0 Å². The lowest BCUT2D eigenvalue weighted by molar-refractivity contribution is 0.304. The molecule has 0 amide bonds. The maximum atomic E-state index is 11.3. The molecule has 0 radical (unpaired) electrons. The van der Waals surface area contributed by atoms with E-state index in [9.17, 15) is 8.42 Å². The van der Waals surface area contributed by atoms with Crippen LogP contribution in [0, 0.1) is 5.92 Å². The van der Waals surface area contributed by atoms with Crippen molar-refractivity contribution < 1.29 is 8.42 Å². The third kappa shape index (κ3) is 4.94. The molecule has 6 nitrogen and oxygen atoms in total. The first-order valence-electron chi connectivity index (χ1n) is 7.48. The molecule has 0 aromatic carbocycles. The van der Waals surface area contributed by atoms with Crippen molar-refractivity contribution in [2.24, 2.45) is 10.9 Å². The maximum Gasteiger partial charge on any atom is 0.191 e. The predicted molar refractivity (Wildman–Crippen MR) is 81.8 cm³/mol. The second-order valence-corrected chi connectivity index (χ2v) is 8.02. The number of aliphatic imine (C=N–C) groups is 1. The standard InChI is InChI=1S/C13H26N4O2S/c1-3-14-13(16-12-10-11(12)2)15-4-5-17-6-8-20(18,19)9-7-17/h11-12H,3-10H2,1-2H3,(H2,14,15,16). The van der Waals surface area contributed by atoms with Gasteiger partial charge in [0.05, 0.1) is 18.1 Å². The Morgan fingerprint density at radius 1 is 1.35 bits per heavy atom. The minimum atomic E-state index is -2.78. The summed E-state index contributed by atoms with van der Waals surface area (Å²) < 4.78 is 22.7. The highest BCUT2D eigenvalue weighted by molar-refractivity contribution is 7.91. The fourth-order valence-electron chi connectivity index (χ4n) is 2.30. The van der Waals surface area contributed by atoms with Gasteiger partial charge in [0, 0.05) is 32.2 Å². The van der Waals surface area contributed by atoms with Crippen LogP contribution in [-0.4, -0.2) is 69.5 Å². The molecule has 1 aliphatic carbocycles. The quantitative estimate of drug-likeness (QED) is 0.538. The number of hydrogen-bond donors (Lipinski definition) is 2. The largest absolute Gasteiger partial charge is 0.357 e. The van der Waals surface area contributed by atoms with E-state index in [1.54, 1.807) is 0 Å². The fraction of sp³-hybridized carbons (Fsp3) is 0.923. The van der Waals surface area contributed by atoms with Crippen LogP contribution in [0.3, 0.4) is 0 Å². The van der Waals surface area contributed by atoms with Gasteiger partial charge in [-0.15, -0.1) is 0 Å². The van der Waals surface area contributed by atoms with Crippen molar-refractivity contribution in [2.45, 2.75) is 26.3 Å². The average Bonchev–Trinajstić information content (AvgIpc) is 3.07. The smallest absolute Gasteiger partial charge is 0.191 e. The molecule has 20 heavy (non-hydrogen) atoms. The zero-order valence-electron chi connectivity index (χ0n) is 12.4. The van der Waals surface area contributed by atoms with Crippen LogP contribution in [-0.2, 0) is 9.84 Å². The van der Waals surface area contributed by atoms with Crippen LogP contribution < -0.4 is 10.6 Å². The van der Waals surface area contributed by atoms with Gasteiger partial charge in [-0.05, 0) is 19.3 Å². The summed E-state index contributed by atoms with van der Waals surface area (Å²) in [6, 6.07) is 0.563. The van der Waals surface area contributed by atoms with Gasteiger partial charge in [-0.1, -0.05) is 6.92 Å². The molecule has 1 saturated carbocycles. The lowest BCUT2D eigenvalue weighted by atomic mass is 10.4. The van der Waals surface area contributed by atoms with Crippen LogP contribution in [0.15, 0.2) is 4.99 Å². The lowest BCUT2D eigenvalue weighted by Crippen LogP contribution is -2.42. The topological polar surface area (TPSA) is 73.8 Å². The Labute approximate surface area is 121 Å². The van der Waals surface area contributed by atoms with Crippen LogP contribution in [0.1, 0.15) is 20.3 Å². The van der Waals surface area contributed by atoms with Crippen molar-refractivity contribution in [1.29, 1.82) is 0 Å². The van der Waals surface area contributed by atoms with Crippen molar-refractivity contribution in [3.8, 4) is 0 Å². The molecular formula is C13H26N4O2S. The Balaban J connectivity index is 1.72.